The molecule has 1 aromatic heterocycles. The van der Waals surface area contributed by atoms with Crippen molar-refractivity contribution in [3.05, 3.63) is 18.1 Å². The van der Waals surface area contributed by atoms with Crippen LogP contribution in [0.25, 0.3) is 0 Å². The SMILES string of the molecule is CN(C)c1cnc(C(N)=S)cn1. The molecule has 1 aromatic rings. The third-order valence-corrected chi connectivity index (χ3v) is 1.56. The van der Waals surface area contributed by atoms with Crippen molar-refractivity contribution in [3.8, 4) is 0 Å². The summed E-state index contributed by atoms with van der Waals surface area (Å²) in [5, 5.41) is 0. The largest absolute Gasteiger partial charge is 0.388 e. The fraction of sp³-hybridized carbons (Fsp3) is 0.286. The molecule has 64 valence electrons. The summed E-state index contributed by atoms with van der Waals surface area (Å²) in [6.45, 7) is 0. The van der Waals surface area contributed by atoms with Gasteiger partial charge in [-0.05, 0) is 0 Å². The average Bonchev–Trinajstić information content (AvgIpc) is 2.04. The van der Waals surface area contributed by atoms with E-state index in [4.69, 9.17) is 18.0 Å². The van der Waals surface area contributed by atoms with E-state index in [-0.39, 0.29) is 4.99 Å². The zero-order chi connectivity index (χ0) is 9.14. The Morgan fingerprint density at radius 2 is 2.08 bits per heavy atom. The Kier molecular flexibility index (Phi) is 2.54. The van der Waals surface area contributed by atoms with Gasteiger partial charge in [-0.15, -0.1) is 0 Å². The molecule has 0 bridgehead atoms. The van der Waals surface area contributed by atoms with Crippen LogP contribution in [-0.2, 0) is 0 Å². The van der Waals surface area contributed by atoms with Crippen LogP contribution in [-0.4, -0.2) is 29.1 Å². The predicted octanol–water partition coefficient (Wildman–Crippen LogP) is 0.177. The minimum atomic E-state index is 0.271. The van der Waals surface area contributed by atoms with E-state index in [2.05, 4.69) is 9.97 Å². The van der Waals surface area contributed by atoms with Crippen LogP contribution in [0, 0.1) is 0 Å². The lowest BCUT2D eigenvalue weighted by Gasteiger charge is -2.09. The fourth-order valence-electron chi connectivity index (χ4n) is 0.679. The lowest BCUT2D eigenvalue weighted by atomic mass is 10.4. The molecule has 1 rings (SSSR count). The summed E-state index contributed by atoms with van der Waals surface area (Å²) in [5.74, 6) is 0.787. The van der Waals surface area contributed by atoms with Crippen LogP contribution in [0.4, 0.5) is 5.82 Å². The summed E-state index contributed by atoms with van der Waals surface area (Å²) >= 11 is 4.73. The molecule has 4 nitrogen and oxygen atoms in total. The third kappa shape index (κ3) is 1.88. The summed E-state index contributed by atoms with van der Waals surface area (Å²) in [7, 11) is 3.79. The summed E-state index contributed by atoms with van der Waals surface area (Å²) in [6.07, 6.45) is 3.20. The summed E-state index contributed by atoms with van der Waals surface area (Å²) in [4.78, 5) is 10.3. The molecule has 0 saturated heterocycles. The maximum atomic E-state index is 5.36. The van der Waals surface area contributed by atoms with Gasteiger partial charge in [0.05, 0.1) is 12.4 Å². The molecule has 0 aliphatic carbocycles. The number of rotatable bonds is 2. The number of thiocarbonyl (C=S) groups is 1. The number of hydrogen-bond donors (Lipinski definition) is 1. The average molecular weight is 182 g/mol. The number of anilines is 1. The van der Waals surface area contributed by atoms with Crippen molar-refractivity contribution in [2.75, 3.05) is 19.0 Å². The topological polar surface area (TPSA) is 55.0 Å². The van der Waals surface area contributed by atoms with Gasteiger partial charge >= 0.3 is 0 Å². The second-order valence-electron chi connectivity index (χ2n) is 2.52. The summed E-state index contributed by atoms with van der Waals surface area (Å²) in [6, 6.07) is 0. The van der Waals surface area contributed by atoms with E-state index in [1.807, 2.05) is 19.0 Å². The first kappa shape index (κ1) is 8.86. The molecule has 0 saturated carbocycles. The lowest BCUT2D eigenvalue weighted by Crippen LogP contribution is -2.15. The van der Waals surface area contributed by atoms with E-state index in [9.17, 15) is 0 Å². The van der Waals surface area contributed by atoms with Gasteiger partial charge in [0.15, 0.2) is 0 Å². The Hall–Kier alpha value is -1.23. The number of nitrogens with zero attached hydrogens (tertiary/aromatic N) is 3. The molecule has 0 aromatic carbocycles. The first-order chi connectivity index (χ1) is 5.61. The highest BCUT2D eigenvalue weighted by Crippen LogP contribution is 2.03. The highest BCUT2D eigenvalue weighted by molar-refractivity contribution is 7.80. The summed E-state index contributed by atoms with van der Waals surface area (Å²) < 4.78 is 0. The van der Waals surface area contributed by atoms with Crippen LogP contribution in [0.3, 0.4) is 0 Å². The highest BCUT2D eigenvalue weighted by Gasteiger charge is 1.99. The molecule has 0 amide bonds. The van der Waals surface area contributed by atoms with Gasteiger partial charge in [0.1, 0.15) is 16.5 Å². The zero-order valence-corrected chi connectivity index (χ0v) is 7.80. The first-order valence-corrected chi connectivity index (χ1v) is 3.81. The molecular formula is C7H10N4S. The van der Waals surface area contributed by atoms with Crippen molar-refractivity contribution in [1.82, 2.24) is 9.97 Å². The second kappa shape index (κ2) is 3.44. The van der Waals surface area contributed by atoms with Crippen LogP contribution in [0.5, 0.6) is 0 Å². The quantitative estimate of drug-likeness (QED) is 0.661. The Morgan fingerprint density at radius 1 is 1.42 bits per heavy atom. The molecule has 1 heterocycles. The Morgan fingerprint density at radius 3 is 2.42 bits per heavy atom. The summed E-state index contributed by atoms with van der Waals surface area (Å²) in [5.41, 5.74) is 5.91. The van der Waals surface area contributed by atoms with Crippen LogP contribution in [0.2, 0.25) is 0 Å². The van der Waals surface area contributed by atoms with E-state index >= 15 is 0 Å². The molecule has 0 spiro atoms. The van der Waals surface area contributed by atoms with Crippen molar-refractivity contribution in [2.24, 2.45) is 5.73 Å². The Balaban J connectivity index is 2.93. The van der Waals surface area contributed by atoms with Crippen LogP contribution < -0.4 is 10.6 Å². The van der Waals surface area contributed by atoms with Crippen LogP contribution in [0.1, 0.15) is 5.69 Å². The normalized spacial score (nSPS) is 9.50. The van der Waals surface area contributed by atoms with Gasteiger partial charge in [0.25, 0.3) is 0 Å². The van der Waals surface area contributed by atoms with Gasteiger partial charge in [-0.3, -0.25) is 0 Å². The van der Waals surface area contributed by atoms with Gasteiger partial charge in [0, 0.05) is 14.1 Å². The van der Waals surface area contributed by atoms with E-state index in [1.165, 1.54) is 0 Å². The van der Waals surface area contributed by atoms with Gasteiger partial charge in [-0.2, -0.15) is 0 Å². The monoisotopic (exact) mass is 182 g/mol. The smallest absolute Gasteiger partial charge is 0.146 e. The minimum Gasteiger partial charge on any atom is -0.388 e. The second-order valence-corrected chi connectivity index (χ2v) is 2.96. The van der Waals surface area contributed by atoms with Gasteiger partial charge in [-0.25, -0.2) is 9.97 Å². The maximum Gasteiger partial charge on any atom is 0.146 e. The molecule has 0 radical (unpaired) electrons. The molecule has 2 N–H and O–H groups in total. The van der Waals surface area contributed by atoms with E-state index in [1.54, 1.807) is 12.4 Å². The standard InChI is InChI=1S/C7H10N4S/c1-11(2)6-4-9-5(3-10-6)7(8)12/h3-4H,1-2H3,(H2,8,12). The first-order valence-electron chi connectivity index (χ1n) is 3.40. The van der Waals surface area contributed by atoms with Crippen molar-refractivity contribution >= 4 is 23.0 Å². The van der Waals surface area contributed by atoms with Gasteiger partial charge < -0.3 is 10.6 Å². The molecule has 5 heteroatoms. The molecule has 0 unspecified atom stereocenters. The minimum absolute atomic E-state index is 0.271. The number of nitrogens with two attached hydrogens (primary N) is 1. The van der Waals surface area contributed by atoms with Crippen molar-refractivity contribution < 1.29 is 0 Å². The van der Waals surface area contributed by atoms with E-state index in [0.29, 0.717) is 5.69 Å². The Labute approximate surface area is 76.4 Å². The molecule has 0 aliphatic heterocycles. The molecule has 0 atom stereocenters. The molecule has 12 heavy (non-hydrogen) atoms. The number of hydrogen-bond acceptors (Lipinski definition) is 4. The Bertz CT molecular complexity index is 280. The fourth-order valence-corrected chi connectivity index (χ4v) is 0.785. The predicted molar refractivity (Wildman–Crippen MR) is 52.2 cm³/mol. The molecule has 0 fully saturated rings. The van der Waals surface area contributed by atoms with Crippen LogP contribution in [0.15, 0.2) is 12.4 Å². The van der Waals surface area contributed by atoms with E-state index < -0.39 is 0 Å². The third-order valence-electron chi connectivity index (χ3n) is 1.35. The lowest BCUT2D eigenvalue weighted by molar-refractivity contribution is 1.04. The number of aromatic nitrogens is 2. The highest BCUT2D eigenvalue weighted by atomic mass is 32.1. The zero-order valence-electron chi connectivity index (χ0n) is 6.98. The maximum absolute atomic E-state index is 5.36. The molecular weight excluding hydrogens is 172 g/mol. The van der Waals surface area contributed by atoms with Crippen molar-refractivity contribution in [3.63, 3.8) is 0 Å². The van der Waals surface area contributed by atoms with Gasteiger partial charge in [0.2, 0.25) is 0 Å². The van der Waals surface area contributed by atoms with Crippen molar-refractivity contribution in [1.29, 1.82) is 0 Å². The van der Waals surface area contributed by atoms with Crippen molar-refractivity contribution in [2.45, 2.75) is 0 Å². The van der Waals surface area contributed by atoms with Gasteiger partial charge in [-0.1, -0.05) is 12.2 Å². The van der Waals surface area contributed by atoms with Crippen LogP contribution >= 0.6 is 12.2 Å². The van der Waals surface area contributed by atoms with E-state index in [0.717, 1.165) is 5.82 Å². The molecule has 0 aliphatic rings.